The summed E-state index contributed by atoms with van der Waals surface area (Å²) in [4.78, 5) is 0. The van der Waals surface area contributed by atoms with Crippen LogP contribution < -0.4 is 0 Å². The summed E-state index contributed by atoms with van der Waals surface area (Å²) in [5.41, 5.74) is 1.33. The Morgan fingerprint density at radius 1 is 1.18 bits per heavy atom. The number of hydrogen-bond acceptors (Lipinski definition) is 0. The third kappa shape index (κ3) is 0.845. The fourth-order valence-electron chi connectivity index (χ4n) is 1.43. The second-order valence-electron chi connectivity index (χ2n) is 2.91. The van der Waals surface area contributed by atoms with Crippen LogP contribution in [0, 0.1) is 6.92 Å². The average molecular weight is 145 g/mol. The van der Waals surface area contributed by atoms with Gasteiger partial charge < -0.3 is 4.57 Å². The van der Waals surface area contributed by atoms with E-state index in [2.05, 4.69) is 49.0 Å². The summed E-state index contributed by atoms with van der Waals surface area (Å²) in [5.74, 6) is 0. The molecule has 0 aliphatic heterocycles. The van der Waals surface area contributed by atoms with Gasteiger partial charge in [-0.05, 0) is 12.3 Å². The summed E-state index contributed by atoms with van der Waals surface area (Å²) in [6.07, 6.45) is 2.16. The molecule has 1 aromatic carbocycles. The molecule has 2 rings (SSSR count). The van der Waals surface area contributed by atoms with Crippen LogP contribution in [-0.4, -0.2) is 4.57 Å². The Balaban J connectivity index is 2.92. The lowest BCUT2D eigenvalue weighted by Crippen LogP contribution is -1.85. The SMILES string of the molecule is Cc1c2ccccc2cn1C. The largest absolute Gasteiger partial charge is 0.353 e. The molecule has 0 radical (unpaired) electrons. The number of rotatable bonds is 0. The zero-order valence-electron chi connectivity index (χ0n) is 6.83. The zero-order valence-corrected chi connectivity index (χ0v) is 6.83. The first kappa shape index (κ1) is 6.47. The maximum absolute atomic E-state index is 2.16. The molecule has 0 saturated heterocycles. The van der Waals surface area contributed by atoms with E-state index in [0.29, 0.717) is 0 Å². The molecule has 11 heavy (non-hydrogen) atoms. The minimum Gasteiger partial charge on any atom is -0.353 e. The van der Waals surface area contributed by atoms with Crippen LogP contribution in [0.1, 0.15) is 5.69 Å². The van der Waals surface area contributed by atoms with Crippen LogP contribution in [0.5, 0.6) is 0 Å². The number of benzene rings is 1. The summed E-state index contributed by atoms with van der Waals surface area (Å²) in [7, 11) is 2.08. The Kier molecular flexibility index (Phi) is 1.25. The molecule has 1 heteroatoms. The second kappa shape index (κ2) is 2.12. The van der Waals surface area contributed by atoms with Crippen LogP contribution in [0.2, 0.25) is 0 Å². The molecule has 1 heterocycles. The fraction of sp³-hybridized carbons (Fsp3) is 0.200. The minimum atomic E-state index is 1.33. The molecule has 0 aliphatic carbocycles. The first-order valence-electron chi connectivity index (χ1n) is 3.80. The molecule has 0 amide bonds. The van der Waals surface area contributed by atoms with E-state index >= 15 is 0 Å². The van der Waals surface area contributed by atoms with Gasteiger partial charge in [0.25, 0.3) is 0 Å². The minimum absolute atomic E-state index is 1.33. The van der Waals surface area contributed by atoms with Crippen LogP contribution in [0.4, 0.5) is 0 Å². The molecule has 0 unspecified atom stereocenters. The van der Waals surface area contributed by atoms with E-state index in [1.54, 1.807) is 0 Å². The van der Waals surface area contributed by atoms with Gasteiger partial charge >= 0.3 is 0 Å². The topological polar surface area (TPSA) is 4.93 Å². The molecule has 2 aromatic rings. The van der Waals surface area contributed by atoms with Crippen LogP contribution in [0.25, 0.3) is 10.8 Å². The molecule has 0 aliphatic rings. The number of nitrogens with zero attached hydrogens (tertiary/aromatic N) is 1. The van der Waals surface area contributed by atoms with Crippen molar-refractivity contribution in [1.29, 1.82) is 0 Å². The summed E-state index contributed by atoms with van der Waals surface area (Å²) in [6, 6.07) is 8.45. The van der Waals surface area contributed by atoms with Gasteiger partial charge in [0.2, 0.25) is 0 Å². The monoisotopic (exact) mass is 145 g/mol. The van der Waals surface area contributed by atoms with E-state index in [4.69, 9.17) is 0 Å². The van der Waals surface area contributed by atoms with Crippen molar-refractivity contribution >= 4 is 10.8 Å². The van der Waals surface area contributed by atoms with Gasteiger partial charge in [0.15, 0.2) is 0 Å². The molecular weight excluding hydrogens is 134 g/mol. The van der Waals surface area contributed by atoms with Gasteiger partial charge in [-0.25, -0.2) is 0 Å². The summed E-state index contributed by atoms with van der Waals surface area (Å²) in [6.45, 7) is 2.14. The Morgan fingerprint density at radius 2 is 1.91 bits per heavy atom. The van der Waals surface area contributed by atoms with Gasteiger partial charge in [0.1, 0.15) is 0 Å². The highest BCUT2D eigenvalue weighted by molar-refractivity contribution is 5.85. The normalized spacial score (nSPS) is 10.7. The highest BCUT2D eigenvalue weighted by atomic mass is 14.9. The van der Waals surface area contributed by atoms with E-state index in [0.717, 1.165) is 0 Å². The molecular formula is C10H11N. The van der Waals surface area contributed by atoms with Gasteiger partial charge in [-0.3, -0.25) is 0 Å². The molecule has 0 atom stereocenters. The Morgan fingerprint density at radius 3 is 2.64 bits per heavy atom. The number of aromatic nitrogens is 1. The molecule has 0 saturated carbocycles. The van der Waals surface area contributed by atoms with Crippen molar-refractivity contribution in [3.63, 3.8) is 0 Å². The van der Waals surface area contributed by atoms with Gasteiger partial charge in [0.05, 0.1) is 0 Å². The summed E-state index contributed by atoms with van der Waals surface area (Å²) >= 11 is 0. The van der Waals surface area contributed by atoms with Crippen LogP contribution >= 0.6 is 0 Å². The fourth-order valence-corrected chi connectivity index (χ4v) is 1.43. The second-order valence-corrected chi connectivity index (χ2v) is 2.91. The van der Waals surface area contributed by atoms with Gasteiger partial charge in [-0.15, -0.1) is 0 Å². The van der Waals surface area contributed by atoms with Crippen molar-refractivity contribution in [1.82, 2.24) is 4.57 Å². The molecule has 1 nitrogen and oxygen atoms in total. The highest BCUT2D eigenvalue weighted by Gasteiger charge is 1.98. The lowest BCUT2D eigenvalue weighted by molar-refractivity contribution is 0.889. The maximum atomic E-state index is 2.16. The third-order valence-electron chi connectivity index (χ3n) is 2.21. The van der Waals surface area contributed by atoms with Crippen molar-refractivity contribution in [2.45, 2.75) is 6.92 Å². The predicted octanol–water partition coefficient (Wildman–Crippen LogP) is 2.49. The number of aryl methyl sites for hydroxylation is 2. The zero-order chi connectivity index (χ0) is 7.84. The molecule has 56 valence electrons. The molecule has 0 spiro atoms. The maximum Gasteiger partial charge on any atom is 0.0219 e. The highest BCUT2D eigenvalue weighted by Crippen LogP contribution is 2.18. The molecule has 0 N–H and O–H groups in total. The van der Waals surface area contributed by atoms with Crippen molar-refractivity contribution in [3.8, 4) is 0 Å². The van der Waals surface area contributed by atoms with E-state index in [9.17, 15) is 0 Å². The van der Waals surface area contributed by atoms with Crippen LogP contribution in [0.15, 0.2) is 30.5 Å². The van der Waals surface area contributed by atoms with E-state index in [-0.39, 0.29) is 0 Å². The number of hydrogen-bond donors (Lipinski definition) is 0. The van der Waals surface area contributed by atoms with E-state index in [1.165, 1.54) is 16.5 Å². The summed E-state index contributed by atoms with van der Waals surface area (Å²) in [5, 5.41) is 2.68. The third-order valence-corrected chi connectivity index (χ3v) is 2.21. The van der Waals surface area contributed by atoms with Crippen LogP contribution in [0.3, 0.4) is 0 Å². The molecule has 0 bridgehead atoms. The quantitative estimate of drug-likeness (QED) is 0.536. The number of fused-ring (bicyclic) bond motifs is 1. The Hall–Kier alpha value is -1.24. The van der Waals surface area contributed by atoms with E-state index < -0.39 is 0 Å². The van der Waals surface area contributed by atoms with Crippen molar-refractivity contribution in [2.24, 2.45) is 7.05 Å². The first-order chi connectivity index (χ1) is 5.29. The standard InChI is InChI=1S/C10H11N/c1-8-10-6-4-3-5-9(10)7-11(8)2/h3-7H,1-2H3. The van der Waals surface area contributed by atoms with Gasteiger partial charge in [-0.2, -0.15) is 0 Å². The van der Waals surface area contributed by atoms with Gasteiger partial charge in [0, 0.05) is 24.3 Å². The smallest absolute Gasteiger partial charge is 0.0219 e. The van der Waals surface area contributed by atoms with Crippen molar-refractivity contribution in [3.05, 3.63) is 36.2 Å². The Bertz CT molecular complexity index is 385. The average Bonchev–Trinajstić information content (AvgIpc) is 2.30. The first-order valence-corrected chi connectivity index (χ1v) is 3.80. The van der Waals surface area contributed by atoms with Crippen LogP contribution in [-0.2, 0) is 7.05 Å². The van der Waals surface area contributed by atoms with E-state index in [1.807, 2.05) is 0 Å². The van der Waals surface area contributed by atoms with Crippen molar-refractivity contribution < 1.29 is 0 Å². The van der Waals surface area contributed by atoms with Gasteiger partial charge in [-0.1, -0.05) is 24.3 Å². The molecule has 0 fully saturated rings. The lowest BCUT2D eigenvalue weighted by Gasteiger charge is -1.92. The summed E-state index contributed by atoms with van der Waals surface area (Å²) < 4.78 is 2.16. The lowest BCUT2D eigenvalue weighted by atomic mass is 10.2. The predicted molar refractivity (Wildman–Crippen MR) is 47.7 cm³/mol. The van der Waals surface area contributed by atoms with Crippen molar-refractivity contribution in [2.75, 3.05) is 0 Å². The Labute approximate surface area is 66.3 Å². The molecule has 1 aromatic heterocycles.